The minimum Gasteiger partial charge on any atom is -0.478 e. The Morgan fingerprint density at radius 3 is 2.59 bits per heavy atom. The van der Waals surface area contributed by atoms with Crippen molar-refractivity contribution in [1.29, 1.82) is 0 Å². The minimum absolute atomic E-state index is 0.0129. The van der Waals surface area contributed by atoms with Crippen molar-refractivity contribution in [3.05, 3.63) is 81.6 Å². The fourth-order valence-electron chi connectivity index (χ4n) is 2.69. The maximum Gasteiger partial charge on any atom is 0.337 e. The number of carboxylic acid groups (broad SMARTS) is 1. The SMILES string of the molecule is CC(=Cc1ccc2cc(Br)ccc2c1F)C(=O)Nc1ccccc1C(=O)O. The maximum absolute atomic E-state index is 14.8. The van der Waals surface area contributed by atoms with Gasteiger partial charge in [-0.3, -0.25) is 4.79 Å². The molecule has 0 heterocycles. The van der Waals surface area contributed by atoms with Crippen LogP contribution in [0.1, 0.15) is 22.8 Å². The van der Waals surface area contributed by atoms with Crippen molar-refractivity contribution in [2.75, 3.05) is 5.32 Å². The number of halogens is 2. The highest BCUT2D eigenvalue weighted by molar-refractivity contribution is 9.10. The van der Waals surface area contributed by atoms with Gasteiger partial charge in [0.15, 0.2) is 0 Å². The Labute approximate surface area is 163 Å². The van der Waals surface area contributed by atoms with E-state index in [0.29, 0.717) is 5.39 Å². The highest BCUT2D eigenvalue weighted by atomic mass is 79.9. The van der Waals surface area contributed by atoms with Crippen LogP contribution in [-0.2, 0) is 4.79 Å². The standard InChI is InChI=1S/C21H15BrFNO3/c1-12(20(25)24-18-5-3-2-4-17(18)21(26)27)10-14-7-6-13-11-15(22)8-9-16(13)19(14)23/h2-11H,1H3,(H,24,25)(H,26,27). The Balaban J connectivity index is 1.90. The summed E-state index contributed by atoms with van der Waals surface area (Å²) in [5, 5.41) is 13.0. The highest BCUT2D eigenvalue weighted by Gasteiger charge is 2.13. The summed E-state index contributed by atoms with van der Waals surface area (Å²) in [6.07, 6.45) is 1.44. The third kappa shape index (κ3) is 4.06. The first-order valence-electron chi connectivity index (χ1n) is 8.06. The number of rotatable bonds is 4. The molecule has 0 aromatic heterocycles. The van der Waals surface area contributed by atoms with Gasteiger partial charge in [0.25, 0.3) is 5.91 Å². The molecule has 1 amide bonds. The molecule has 0 atom stereocenters. The minimum atomic E-state index is -1.14. The third-order valence-electron chi connectivity index (χ3n) is 4.08. The van der Waals surface area contributed by atoms with E-state index in [4.69, 9.17) is 0 Å². The van der Waals surface area contributed by atoms with E-state index < -0.39 is 17.7 Å². The molecule has 0 aliphatic carbocycles. The van der Waals surface area contributed by atoms with Crippen LogP contribution in [0.4, 0.5) is 10.1 Å². The number of hydrogen-bond acceptors (Lipinski definition) is 2. The number of anilines is 1. The van der Waals surface area contributed by atoms with E-state index in [1.807, 2.05) is 6.07 Å². The maximum atomic E-state index is 14.8. The van der Waals surface area contributed by atoms with Gasteiger partial charge in [0.1, 0.15) is 5.82 Å². The van der Waals surface area contributed by atoms with Crippen LogP contribution in [0.15, 0.2) is 64.6 Å². The first-order chi connectivity index (χ1) is 12.9. The normalized spacial score (nSPS) is 11.4. The molecular formula is C21H15BrFNO3. The number of carbonyl (C=O) groups is 2. The van der Waals surface area contributed by atoms with Crippen molar-refractivity contribution >= 4 is 50.3 Å². The van der Waals surface area contributed by atoms with Crippen molar-refractivity contribution in [2.24, 2.45) is 0 Å². The number of amides is 1. The van der Waals surface area contributed by atoms with Gasteiger partial charge >= 0.3 is 5.97 Å². The molecule has 0 saturated carbocycles. The first kappa shape index (κ1) is 18.8. The molecule has 2 N–H and O–H groups in total. The number of fused-ring (bicyclic) bond motifs is 1. The van der Waals surface area contributed by atoms with Gasteiger partial charge in [-0.1, -0.05) is 46.3 Å². The predicted octanol–water partition coefficient (Wildman–Crippen LogP) is 5.48. The Kier molecular flexibility index (Phi) is 5.37. The van der Waals surface area contributed by atoms with Crippen LogP contribution < -0.4 is 5.32 Å². The van der Waals surface area contributed by atoms with E-state index in [2.05, 4.69) is 21.2 Å². The molecule has 3 aromatic carbocycles. The zero-order valence-corrected chi connectivity index (χ0v) is 15.9. The average molecular weight is 428 g/mol. The lowest BCUT2D eigenvalue weighted by Crippen LogP contribution is -2.15. The molecule has 0 aliphatic rings. The molecule has 0 fully saturated rings. The van der Waals surface area contributed by atoms with Gasteiger partial charge in [0.2, 0.25) is 0 Å². The molecule has 136 valence electrons. The molecule has 3 rings (SSSR count). The van der Waals surface area contributed by atoms with Crippen molar-refractivity contribution in [3.8, 4) is 0 Å². The fourth-order valence-corrected chi connectivity index (χ4v) is 3.07. The number of para-hydroxylation sites is 1. The number of hydrogen-bond donors (Lipinski definition) is 2. The van der Waals surface area contributed by atoms with Gasteiger partial charge in [0, 0.05) is 21.0 Å². The Morgan fingerprint density at radius 2 is 1.85 bits per heavy atom. The monoisotopic (exact) mass is 427 g/mol. The van der Waals surface area contributed by atoms with Gasteiger partial charge in [-0.2, -0.15) is 0 Å². The number of nitrogens with one attached hydrogen (secondary N) is 1. The molecule has 0 spiro atoms. The Morgan fingerprint density at radius 1 is 1.11 bits per heavy atom. The summed E-state index contributed by atoms with van der Waals surface area (Å²) >= 11 is 3.35. The summed E-state index contributed by atoms with van der Waals surface area (Å²) in [6, 6.07) is 14.7. The quantitative estimate of drug-likeness (QED) is 0.541. The van der Waals surface area contributed by atoms with Crippen LogP contribution in [-0.4, -0.2) is 17.0 Å². The second kappa shape index (κ2) is 7.72. The lowest BCUT2D eigenvalue weighted by Gasteiger charge is -2.09. The van der Waals surface area contributed by atoms with E-state index >= 15 is 0 Å². The van der Waals surface area contributed by atoms with E-state index in [9.17, 15) is 19.1 Å². The number of carbonyl (C=O) groups excluding carboxylic acids is 1. The zero-order chi connectivity index (χ0) is 19.6. The average Bonchev–Trinajstić information content (AvgIpc) is 2.64. The molecule has 0 aliphatic heterocycles. The van der Waals surface area contributed by atoms with E-state index in [1.54, 1.807) is 43.3 Å². The molecule has 0 saturated heterocycles. The second-order valence-corrected chi connectivity index (χ2v) is 6.88. The van der Waals surface area contributed by atoms with Crippen molar-refractivity contribution in [1.82, 2.24) is 0 Å². The topological polar surface area (TPSA) is 66.4 Å². The van der Waals surface area contributed by atoms with Gasteiger partial charge in [0.05, 0.1) is 11.3 Å². The Hall–Kier alpha value is -2.99. The third-order valence-corrected chi connectivity index (χ3v) is 4.58. The summed E-state index contributed by atoms with van der Waals surface area (Å²) in [7, 11) is 0. The molecule has 6 heteroatoms. The summed E-state index contributed by atoms with van der Waals surface area (Å²) < 4.78 is 15.6. The predicted molar refractivity (Wildman–Crippen MR) is 107 cm³/mol. The smallest absolute Gasteiger partial charge is 0.337 e. The van der Waals surface area contributed by atoms with Crippen LogP contribution in [0.5, 0.6) is 0 Å². The summed E-state index contributed by atoms with van der Waals surface area (Å²) in [5.41, 5.74) is 0.710. The first-order valence-corrected chi connectivity index (χ1v) is 8.86. The van der Waals surface area contributed by atoms with E-state index in [0.717, 1.165) is 9.86 Å². The largest absolute Gasteiger partial charge is 0.478 e. The molecule has 0 radical (unpaired) electrons. The lowest BCUT2D eigenvalue weighted by atomic mass is 10.0. The van der Waals surface area contributed by atoms with Crippen LogP contribution in [0.2, 0.25) is 0 Å². The van der Waals surface area contributed by atoms with Gasteiger partial charge in [-0.05, 0) is 42.7 Å². The van der Waals surface area contributed by atoms with Gasteiger partial charge < -0.3 is 10.4 Å². The fraction of sp³-hybridized carbons (Fsp3) is 0.0476. The molecule has 4 nitrogen and oxygen atoms in total. The number of carboxylic acids is 1. The summed E-state index contributed by atoms with van der Waals surface area (Å²) in [4.78, 5) is 23.6. The van der Waals surface area contributed by atoms with Crippen molar-refractivity contribution in [3.63, 3.8) is 0 Å². The zero-order valence-electron chi connectivity index (χ0n) is 14.3. The summed E-state index contributed by atoms with van der Waals surface area (Å²) in [6.45, 7) is 1.55. The van der Waals surface area contributed by atoms with Crippen molar-refractivity contribution < 1.29 is 19.1 Å². The molecule has 0 bridgehead atoms. The van der Waals surface area contributed by atoms with Crippen LogP contribution in [0.3, 0.4) is 0 Å². The molecular weight excluding hydrogens is 413 g/mol. The molecule has 27 heavy (non-hydrogen) atoms. The summed E-state index contributed by atoms with van der Waals surface area (Å²) in [5.74, 6) is -2.06. The number of benzene rings is 3. The number of aromatic carboxylic acids is 1. The van der Waals surface area contributed by atoms with Gasteiger partial charge in [-0.25, -0.2) is 9.18 Å². The van der Waals surface area contributed by atoms with E-state index in [-0.39, 0.29) is 22.4 Å². The Bertz CT molecular complexity index is 1090. The van der Waals surface area contributed by atoms with Crippen LogP contribution in [0.25, 0.3) is 16.8 Å². The van der Waals surface area contributed by atoms with E-state index in [1.165, 1.54) is 18.2 Å². The highest BCUT2D eigenvalue weighted by Crippen LogP contribution is 2.26. The van der Waals surface area contributed by atoms with Crippen LogP contribution in [0, 0.1) is 5.82 Å². The van der Waals surface area contributed by atoms with Crippen molar-refractivity contribution in [2.45, 2.75) is 6.92 Å². The lowest BCUT2D eigenvalue weighted by molar-refractivity contribution is -0.112. The molecule has 0 unspecified atom stereocenters. The van der Waals surface area contributed by atoms with Crippen LogP contribution >= 0.6 is 15.9 Å². The second-order valence-electron chi connectivity index (χ2n) is 5.97. The van der Waals surface area contributed by atoms with Gasteiger partial charge in [-0.15, -0.1) is 0 Å². The molecule has 3 aromatic rings.